The molecule has 0 unspecified atom stereocenters. The molecule has 9 nitrogen and oxygen atoms in total. The van der Waals surface area contributed by atoms with Gasteiger partial charge in [-0.1, -0.05) is 23.4 Å². The Labute approximate surface area is 204 Å². The third-order valence-electron chi connectivity index (χ3n) is 5.09. The number of phenolic OH excluding ortho intramolecular Hbond substituents is 1. The molecule has 1 aromatic carbocycles. The van der Waals surface area contributed by atoms with Crippen LogP contribution in [-0.2, 0) is 6.42 Å². The topological polar surface area (TPSA) is 103 Å². The Bertz CT molecular complexity index is 1000. The van der Waals surface area contributed by atoms with E-state index in [-0.39, 0.29) is 24.0 Å². The van der Waals surface area contributed by atoms with Crippen molar-refractivity contribution in [1.29, 1.82) is 0 Å². The quantitative estimate of drug-likeness (QED) is 0.275. The lowest BCUT2D eigenvalue weighted by molar-refractivity contribution is 0.369. The van der Waals surface area contributed by atoms with Crippen LogP contribution in [0.5, 0.6) is 5.75 Å². The number of guanidine groups is 1. The zero-order chi connectivity index (χ0) is 21.5. The van der Waals surface area contributed by atoms with Crippen molar-refractivity contribution in [3.05, 3.63) is 54.5 Å². The van der Waals surface area contributed by atoms with Gasteiger partial charge in [-0.2, -0.15) is 4.98 Å². The summed E-state index contributed by atoms with van der Waals surface area (Å²) in [6.45, 7) is 6.71. The monoisotopic (exact) mass is 549 g/mol. The van der Waals surface area contributed by atoms with Gasteiger partial charge in [0.05, 0.1) is 5.69 Å². The van der Waals surface area contributed by atoms with Crippen LogP contribution in [0.15, 0.2) is 58.2 Å². The largest absolute Gasteiger partial charge is 0.506 e. The number of benzene rings is 1. The number of piperazine rings is 1. The van der Waals surface area contributed by atoms with Crippen molar-refractivity contribution in [1.82, 2.24) is 25.3 Å². The number of nitrogens with one attached hydrogen (secondary N) is 1. The van der Waals surface area contributed by atoms with Crippen molar-refractivity contribution >= 4 is 35.6 Å². The molecule has 2 N–H and O–H groups in total. The minimum atomic E-state index is 0. The molecular formula is C22H28IN7O2. The molecule has 4 rings (SSSR count). The number of halogens is 1. The zero-order valence-corrected chi connectivity index (χ0v) is 20.3. The molecule has 0 bridgehead atoms. The van der Waals surface area contributed by atoms with Crippen LogP contribution in [0.4, 0.5) is 5.69 Å². The van der Waals surface area contributed by atoms with Gasteiger partial charge in [0.25, 0.3) is 5.89 Å². The fraction of sp³-hybridized carbons (Fsp3) is 0.364. The molecule has 1 saturated heterocycles. The van der Waals surface area contributed by atoms with Gasteiger partial charge in [0.1, 0.15) is 11.4 Å². The van der Waals surface area contributed by atoms with E-state index in [0.717, 1.165) is 44.4 Å². The van der Waals surface area contributed by atoms with Gasteiger partial charge < -0.3 is 24.7 Å². The fourth-order valence-corrected chi connectivity index (χ4v) is 3.53. The molecule has 0 saturated carbocycles. The summed E-state index contributed by atoms with van der Waals surface area (Å²) < 4.78 is 5.31. The second-order valence-corrected chi connectivity index (χ2v) is 7.18. The molecule has 0 amide bonds. The highest BCUT2D eigenvalue weighted by molar-refractivity contribution is 14.0. The first kappa shape index (κ1) is 23.8. The van der Waals surface area contributed by atoms with E-state index in [0.29, 0.717) is 36.1 Å². The predicted octanol–water partition coefficient (Wildman–Crippen LogP) is 2.79. The number of nitrogens with zero attached hydrogens (tertiary/aromatic N) is 6. The van der Waals surface area contributed by atoms with E-state index in [9.17, 15) is 5.11 Å². The van der Waals surface area contributed by atoms with Crippen LogP contribution in [0.2, 0.25) is 0 Å². The molecule has 3 aromatic rings. The third kappa shape index (κ3) is 5.87. The molecule has 2 aromatic heterocycles. The molecule has 1 aliphatic rings. The Kier molecular flexibility index (Phi) is 8.65. The van der Waals surface area contributed by atoms with Gasteiger partial charge in [0.2, 0.25) is 0 Å². The average Bonchev–Trinajstić information content (AvgIpc) is 3.29. The predicted molar refractivity (Wildman–Crippen MR) is 135 cm³/mol. The second kappa shape index (κ2) is 11.7. The summed E-state index contributed by atoms with van der Waals surface area (Å²) in [6, 6.07) is 13.0. The molecule has 170 valence electrons. The van der Waals surface area contributed by atoms with Crippen LogP contribution in [0.1, 0.15) is 12.7 Å². The second-order valence-electron chi connectivity index (χ2n) is 7.18. The van der Waals surface area contributed by atoms with E-state index in [4.69, 9.17) is 9.52 Å². The van der Waals surface area contributed by atoms with Crippen LogP contribution >= 0.6 is 24.0 Å². The maximum Gasteiger partial charge on any atom is 0.276 e. The van der Waals surface area contributed by atoms with Crippen LogP contribution in [0, 0.1) is 0 Å². The molecule has 3 heterocycles. The van der Waals surface area contributed by atoms with Crippen molar-refractivity contribution in [2.75, 3.05) is 44.2 Å². The van der Waals surface area contributed by atoms with Gasteiger partial charge in [-0.3, -0.25) is 9.98 Å². The normalized spacial score (nSPS) is 14.2. The molecule has 10 heteroatoms. The van der Waals surface area contributed by atoms with Crippen molar-refractivity contribution in [3.63, 3.8) is 0 Å². The summed E-state index contributed by atoms with van der Waals surface area (Å²) in [5, 5.41) is 17.5. The van der Waals surface area contributed by atoms with E-state index in [1.54, 1.807) is 12.3 Å². The summed E-state index contributed by atoms with van der Waals surface area (Å²) in [5.74, 6) is 2.24. The number of pyridine rings is 1. The van der Waals surface area contributed by atoms with Gasteiger partial charge in [-0.25, -0.2) is 0 Å². The number of aromatic nitrogens is 3. The molecule has 0 aliphatic carbocycles. The van der Waals surface area contributed by atoms with E-state index in [1.807, 2.05) is 36.4 Å². The van der Waals surface area contributed by atoms with E-state index >= 15 is 0 Å². The summed E-state index contributed by atoms with van der Waals surface area (Å²) in [6.07, 6.45) is 2.29. The number of hydrogen-bond acceptors (Lipinski definition) is 7. The molecule has 1 aliphatic heterocycles. The van der Waals surface area contributed by atoms with Gasteiger partial charge >= 0.3 is 0 Å². The third-order valence-corrected chi connectivity index (χ3v) is 5.09. The van der Waals surface area contributed by atoms with E-state index in [1.165, 1.54) is 0 Å². The summed E-state index contributed by atoms with van der Waals surface area (Å²) >= 11 is 0. The molecular weight excluding hydrogens is 521 g/mol. The molecule has 32 heavy (non-hydrogen) atoms. The first-order valence-electron chi connectivity index (χ1n) is 10.5. The number of rotatable bonds is 6. The summed E-state index contributed by atoms with van der Waals surface area (Å²) in [4.78, 5) is 17.8. The maximum absolute atomic E-state index is 10.1. The number of aliphatic imine (C=N–C) groups is 1. The number of anilines is 1. The van der Waals surface area contributed by atoms with Gasteiger partial charge in [-0.15, -0.1) is 24.0 Å². The zero-order valence-electron chi connectivity index (χ0n) is 18.0. The molecule has 0 spiro atoms. The smallest absolute Gasteiger partial charge is 0.276 e. The standard InChI is InChI=1S/C22H27N7O2.HI/c1-2-23-22(29-15-13-28(14-16-29)18-8-3-4-9-19(18)30)25-12-10-20-26-21(31-27-20)17-7-5-6-11-24-17;/h3-9,11,30H,2,10,12-16H2,1H3,(H,23,25);1H. The lowest BCUT2D eigenvalue weighted by Crippen LogP contribution is -2.52. The highest BCUT2D eigenvalue weighted by Crippen LogP contribution is 2.27. The van der Waals surface area contributed by atoms with Gasteiger partial charge in [0.15, 0.2) is 11.8 Å². The Balaban J connectivity index is 0.00000289. The van der Waals surface area contributed by atoms with Crippen molar-refractivity contribution in [3.8, 4) is 17.3 Å². The number of hydrogen-bond donors (Lipinski definition) is 2. The van der Waals surface area contributed by atoms with Crippen LogP contribution < -0.4 is 10.2 Å². The number of aromatic hydroxyl groups is 1. The Morgan fingerprint density at radius 1 is 1.12 bits per heavy atom. The van der Waals surface area contributed by atoms with Gasteiger partial charge in [-0.05, 0) is 31.2 Å². The SMILES string of the molecule is CCNC(=NCCc1noc(-c2ccccn2)n1)N1CCN(c2ccccc2O)CC1.I. The minimum absolute atomic E-state index is 0. The highest BCUT2D eigenvalue weighted by Gasteiger charge is 2.21. The number of phenols is 1. The minimum Gasteiger partial charge on any atom is -0.506 e. The van der Waals surface area contributed by atoms with Crippen molar-refractivity contribution in [2.24, 2.45) is 4.99 Å². The Morgan fingerprint density at radius 3 is 2.62 bits per heavy atom. The van der Waals surface area contributed by atoms with Crippen LogP contribution in [0.3, 0.4) is 0 Å². The van der Waals surface area contributed by atoms with Gasteiger partial charge in [0, 0.05) is 51.9 Å². The average molecular weight is 549 g/mol. The van der Waals surface area contributed by atoms with E-state index in [2.05, 4.69) is 37.2 Å². The Hall–Kier alpha value is -2.89. The highest BCUT2D eigenvalue weighted by atomic mass is 127. The maximum atomic E-state index is 10.1. The Morgan fingerprint density at radius 2 is 1.91 bits per heavy atom. The molecule has 0 atom stereocenters. The molecule has 1 fully saturated rings. The van der Waals surface area contributed by atoms with Crippen LogP contribution in [0.25, 0.3) is 11.6 Å². The fourth-order valence-electron chi connectivity index (χ4n) is 3.53. The lowest BCUT2D eigenvalue weighted by atomic mass is 10.2. The molecule has 0 radical (unpaired) electrons. The van der Waals surface area contributed by atoms with E-state index < -0.39 is 0 Å². The van der Waals surface area contributed by atoms with Crippen LogP contribution in [-0.4, -0.2) is 70.4 Å². The number of para-hydroxylation sites is 2. The van der Waals surface area contributed by atoms with Crippen molar-refractivity contribution in [2.45, 2.75) is 13.3 Å². The lowest BCUT2D eigenvalue weighted by Gasteiger charge is -2.37. The first-order valence-corrected chi connectivity index (χ1v) is 10.5. The summed E-state index contributed by atoms with van der Waals surface area (Å²) in [5.41, 5.74) is 1.55. The first-order chi connectivity index (χ1) is 15.2. The summed E-state index contributed by atoms with van der Waals surface area (Å²) in [7, 11) is 0. The van der Waals surface area contributed by atoms with Crippen molar-refractivity contribution < 1.29 is 9.63 Å².